The second kappa shape index (κ2) is 4.83. The lowest BCUT2D eigenvalue weighted by atomic mass is 10.2. The third-order valence-corrected chi connectivity index (χ3v) is 2.94. The van der Waals surface area contributed by atoms with Crippen LogP contribution >= 0.6 is 0 Å². The summed E-state index contributed by atoms with van der Waals surface area (Å²) in [5.41, 5.74) is -1.04. The van der Waals surface area contributed by atoms with Gasteiger partial charge in [-0.2, -0.15) is 0 Å². The number of carbonyl (C=O) groups excluding carboxylic acids is 1. The molecule has 5 nitrogen and oxygen atoms in total. The van der Waals surface area contributed by atoms with Crippen LogP contribution in [0.1, 0.15) is 23.2 Å². The van der Waals surface area contributed by atoms with Crippen molar-refractivity contribution in [3.8, 4) is 0 Å². The van der Waals surface area contributed by atoms with Crippen LogP contribution in [0.3, 0.4) is 0 Å². The van der Waals surface area contributed by atoms with Crippen molar-refractivity contribution in [2.75, 3.05) is 12.4 Å². The second-order valence-corrected chi connectivity index (χ2v) is 4.39. The van der Waals surface area contributed by atoms with Crippen LogP contribution in [-0.4, -0.2) is 35.1 Å². The zero-order valence-electron chi connectivity index (χ0n) is 10.1. The van der Waals surface area contributed by atoms with Gasteiger partial charge in [0.2, 0.25) is 0 Å². The largest absolute Gasteiger partial charge is 0.478 e. The second-order valence-electron chi connectivity index (χ2n) is 4.39. The Labute approximate surface area is 107 Å². The maximum atomic E-state index is 13.5. The predicted octanol–water partition coefficient (Wildman–Crippen LogP) is 2.29. The summed E-state index contributed by atoms with van der Waals surface area (Å²) in [5, 5.41) is 11.0. The van der Waals surface area contributed by atoms with Gasteiger partial charge in [-0.1, -0.05) is 0 Å². The summed E-state index contributed by atoms with van der Waals surface area (Å²) in [4.78, 5) is 23.9. The lowest BCUT2D eigenvalue weighted by molar-refractivity contribution is 0.0692. The molecule has 0 aliphatic heterocycles. The molecule has 2 N–H and O–H groups in total. The Hall–Kier alpha value is -2.18. The summed E-state index contributed by atoms with van der Waals surface area (Å²) in [7, 11) is 1.56. The minimum atomic E-state index is -1.52. The summed E-state index contributed by atoms with van der Waals surface area (Å²) < 4.78 is 26.6. The molecule has 0 aromatic heterocycles. The van der Waals surface area contributed by atoms with Crippen molar-refractivity contribution >= 4 is 17.7 Å². The number of carbonyl (C=O) groups is 2. The van der Waals surface area contributed by atoms with Crippen molar-refractivity contribution in [2.24, 2.45) is 0 Å². The fourth-order valence-electron chi connectivity index (χ4n) is 1.64. The Kier molecular flexibility index (Phi) is 3.37. The number of benzene rings is 1. The number of hydrogen-bond donors (Lipinski definition) is 2. The molecule has 7 heteroatoms. The van der Waals surface area contributed by atoms with E-state index in [2.05, 4.69) is 5.32 Å². The monoisotopic (exact) mass is 270 g/mol. The molecule has 1 saturated carbocycles. The van der Waals surface area contributed by atoms with Gasteiger partial charge in [0, 0.05) is 19.2 Å². The number of carboxylic acid groups (broad SMARTS) is 1. The lowest BCUT2D eigenvalue weighted by Crippen LogP contribution is -2.33. The molecule has 0 saturated heterocycles. The van der Waals surface area contributed by atoms with Crippen molar-refractivity contribution in [3.05, 3.63) is 29.3 Å². The van der Waals surface area contributed by atoms with E-state index in [0.717, 1.165) is 18.9 Å². The number of halogens is 2. The van der Waals surface area contributed by atoms with E-state index in [0.29, 0.717) is 6.07 Å². The van der Waals surface area contributed by atoms with E-state index < -0.39 is 29.2 Å². The van der Waals surface area contributed by atoms with E-state index in [1.165, 1.54) is 4.90 Å². The molecule has 0 atom stereocenters. The van der Waals surface area contributed by atoms with Gasteiger partial charge in [-0.05, 0) is 18.9 Å². The van der Waals surface area contributed by atoms with Crippen molar-refractivity contribution in [1.82, 2.24) is 4.90 Å². The smallest absolute Gasteiger partial charge is 0.338 e. The van der Waals surface area contributed by atoms with Crippen molar-refractivity contribution in [2.45, 2.75) is 18.9 Å². The highest BCUT2D eigenvalue weighted by molar-refractivity contribution is 5.93. The van der Waals surface area contributed by atoms with Crippen molar-refractivity contribution in [1.29, 1.82) is 0 Å². The fourth-order valence-corrected chi connectivity index (χ4v) is 1.64. The summed E-state index contributed by atoms with van der Waals surface area (Å²) >= 11 is 0. The molecule has 0 bridgehead atoms. The number of aromatic carboxylic acids is 1. The lowest BCUT2D eigenvalue weighted by Gasteiger charge is -2.17. The number of carboxylic acids is 1. The van der Waals surface area contributed by atoms with Crippen LogP contribution in [0.25, 0.3) is 0 Å². The summed E-state index contributed by atoms with van der Waals surface area (Å²) in [6.07, 6.45) is 1.77. The first-order chi connectivity index (χ1) is 8.90. The van der Waals surface area contributed by atoms with Crippen LogP contribution < -0.4 is 5.32 Å². The normalized spacial score (nSPS) is 14.1. The van der Waals surface area contributed by atoms with Crippen molar-refractivity contribution < 1.29 is 23.5 Å². The standard InChI is InChI=1S/C12H12F2N2O3/c1-16(6-2-3-6)12(19)15-10-4-7(11(17)18)8(13)5-9(10)14/h4-6H,2-3H2,1H3,(H,15,19)(H,17,18). The molecule has 0 radical (unpaired) electrons. The highest BCUT2D eigenvalue weighted by Gasteiger charge is 2.30. The highest BCUT2D eigenvalue weighted by atomic mass is 19.1. The molecule has 19 heavy (non-hydrogen) atoms. The van der Waals surface area contributed by atoms with E-state index in [1.54, 1.807) is 7.05 Å². The first-order valence-corrected chi connectivity index (χ1v) is 5.66. The van der Waals surface area contributed by atoms with E-state index in [1.807, 2.05) is 0 Å². The maximum absolute atomic E-state index is 13.5. The van der Waals surface area contributed by atoms with Gasteiger partial charge in [-0.15, -0.1) is 0 Å². The Morgan fingerprint density at radius 1 is 1.32 bits per heavy atom. The minimum Gasteiger partial charge on any atom is -0.478 e. The molecule has 0 heterocycles. The molecule has 0 spiro atoms. The summed E-state index contributed by atoms with van der Waals surface area (Å²) in [5.74, 6) is -3.72. The molecule has 1 aliphatic carbocycles. The maximum Gasteiger partial charge on any atom is 0.338 e. The van der Waals surface area contributed by atoms with Gasteiger partial charge in [0.25, 0.3) is 0 Å². The number of nitrogens with zero attached hydrogens (tertiary/aromatic N) is 1. The van der Waals surface area contributed by atoms with E-state index in [-0.39, 0.29) is 11.7 Å². The molecule has 1 aromatic carbocycles. The molecule has 1 fully saturated rings. The third kappa shape index (κ3) is 2.81. The molecule has 1 aromatic rings. The predicted molar refractivity (Wildman–Crippen MR) is 63.1 cm³/mol. The Morgan fingerprint density at radius 3 is 2.47 bits per heavy atom. The Balaban J connectivity index is 2.21. The zero-order valence-corrected chi connectivity index (χ0v) is 10.1. The first-order valence-electron chi connectivity index (χ1n) is 5.66. The Morgan fingerprint density at radius 2 is 1.95 bits per heavy atom. The van der Waals surface area contributed by atoms with E-state index >= 15 is 0 Å². The molecule has 0 unspecified atom stereocenters. The molecule has 1 aliphatic rings. The first kappa shape index (κ1) is 13.3. The SMILES string of the molecule is CN(C(=O)Nc1cc(C(=O)O)c(F)cc1F)C1CC1. The quantitative estimate of drug-likeness (QED) is 0.885. The number of nitrogens with one attached hydrogen (secondary N) is 1. The fraction of sp³-hybridized carbons (Fsp3) is 0.333. The topological polar surface area (TPSA) is 69.6 Å². The molecular formula is C12H12F2N2O3. The van der Waals surface area contributed by atoms with Crippen LogP contribution in [0, 0.1) is 11.6 Å². The van der Waals surface area contributed by atoms with Gasteiger partial charge in [0.05, 0.1) is 11.3 Å². The van der Waals surface area contributed by atoms with Gasteiger partial charge >= 0.3 is 12.0 Å². The minimum absolute atomic E-state index is 0.127. The average molecular weight is 270 g/mol. The summed E-state index contributed by atoms with van der Waals surface area (Å²) in [6, 6.07) is 0.786. The van der Waals surface area contributed by atoms with Gasteiger partial charge in [-0.3, -0.25) is 0 Å². The zero-order chi connectivity index (χ0) is 14.2. The number of anilines is 1. The average Bonchev–Trinajstić information content (AvgIpc) is 3.15. The molecular weight excluding hydrogens is 258 g/mol. The van der Waals surface area contributed by atoms with Crippen molar-refractivity contribution in [3.63, 3.8) is 0 Å². The summed E-state index contributed by atoms with van der Waals surface area (Å²) in [6.45, 7) is 0. The van der Waals surface area contributed by atoms with Crippen LogP contribution in [0.15, 0.2) is 12.1 Å². The van der Waals surface area contributed by atoms with Gasteiger partial charge in [0.15, 0.2) is 0 Å². The van der Waals surface area contributed by atoms with Crippen LogP contribution in [0.4, 0.5) is 19.3 Å². The molecule has 2 amide bonds. The number of rotatable bonds is 3. The number of amides is 2. The number of hydrogen-bond acceptors (Lipinski definition) is 2. The van der Waals surface area contributed by atoms with Crippen LogP contribution in [-0.2, 0) is 0 Å². The van der Waals surface area contributed by atoms with Gasteiger partial charge in [-0.25, -0.2) is 18.4 Å². The van der Waals surface area contributed by atoms with Crippen LogP contribution in [0.5, 0.6) is 0 Å². The number of urea groups is 1. The van der Waals surface area contributed by atoms with Gasteiger partial charge in [0.1, 0.15) is 11.6 Å². The van der Waals surface area contributed by atoms with E-state index in [4.69, 9.17) is 5.11 Å². The van der Waals surface area contributed by atoms with E-state index in [9.17, 15) is 18.4 Å². The highest BCUT2D eigenvalue weighted by Crippen LogP contribution is 2.26. The van der Waals surface area contributed by atoms with Gasteiger partial charge < -0.3 is 15.3 Å². The Bertz CT molecular complexity index is 544. The third-order valence-electron chi connectivity index (χ3n) is 2.94. The molecule has 2 rings (SSSR count). The van der Waals surface area contributed by atoms with Crippen LogP contribution in [0.2, 0.25) is 0 Å². The molecule has 102 valence electrons.